The third-order valence-electron chi connectivity index (χ3n) is 4.82. The predicted octanol–water partition coefficient (Wildman–Crippen LogP) is 4.55. The highest BCUT2D eigenvalue weighted by Gasteiger charge is 2.12. The van der Waals surface area contributed by atoms with E-state index < -0.39 is 0 Å². The quantitative estimate of drug-likeness (QED) is 0.363. The van der Waals surface area contributed by atoms with Gasteiger partial charge in [-0.05, 0) is 42.4 Å². The lowest BCUT2D eigenvalue weighted by Gasteiger charge is -2.09. The molecule has 2 N–H and O–H groups in total. The second-order valence-corrected chi connectivity index (χ2v) is 6.80. The highest BCUT2D eigenvalue weighted by molar-refractivity contribution is 7.71. The lowest BCUT2D eigenvalue weighted by molar-refractivity contribution is 0.355. The smallest absolute Gasteiger partial charge is 0.216 e. The molecule has 8 heteroatoms. The van der Waals surface area contributed by atoms with Crippen molar-refractivity contribution in [3.63, 3.8) is 0 Å². The van der Waals surface area contributed by atoms with Gasteiger partial charge < -0.3 is 14.5 Å². The largest absolute Gasteiger partial charge is 0.493 e. The topological polar surface area (TPSA) is 80.2 Å². The minimum Gasteiger partial charge on any atom is -0.493 e. The number of ether oxygens (including phenoxy) is 2. The molecular weight excluding hydrogens is 386 g/mol. The van der Waals surface area contributed by atoms with Crippen molar-refractivity contribution in [2.45, 2.75) is 13.3 Å². The van der Waals surface area contributed by atoms with Crippen LogP contribution in [0.2, 0.25) is 0 Å². The molecule has 0 bridgehead atoms. The van der Waals surface area contributed by atoms with Crippen LogP contribution in [-0.4, -0.2) is 40.3 Å². The number of hydrogen-bond donors (Lipinski definition) is 2. The second-order valence-electron chi connectivity index (χ2n) is 6.42. The third-order valence-corrected chi connectivity index (χ3v) is 5.08. The van der Waals surface area contributed by atoms with Crippen LogP contribution in [0.4, 0.5) is 0 Å². The SMILES string of the molecule is CCc1cccc2c(/C=N/n3c(-c4ccc(OC)c(OC)c4)n[nH]c3=S)c[nH]c12. The van der Waals surface area contributed by atoms with Crippen LogP contribution in [0.25, 0.3) is 22.3 Å². The first kappa shape index (κ1) is 18.9. The maximum atomic E-state index is 5.39. The first-order valence-corrected chi connectivity index (χ1v) is 9.60. The molecule has 2 aromatic carbocycles. The molecule has 7 nitrogen and oxygen atoms in total. The van der Waals surface area contributed by atoms with Gasteiger partial charge >= 0.3 is 0 Å². The normalized spacial score (nSPS) is 11.4. The van der Waals surface area contributed by atoms with Gasteiger partial charge in [0.2, 0.25) is 4.77 Å². The number of aromatic nitrogens is 4. The molecule has 0 aliphatic rings. The Morgan fingerprint density at radius 2 is 2.00 bits per heavy atom. The molecule has 0 fully saturated rings. The Labute approximate surface area is 173 Å². The Balaban J connectivity index is 1.75. The van der Waals surface area contributed by atoms with Crippen LogP contribution in [0.1, 0.15) is 18.1 Å². The fourth-order valence-corrected chi connectivity index (χ4v) is 3.50. The van der Waals surface area contributed by atoms with E-state index in [2.05, 4.69) is 45.4 Å². The van der Waals surface area contributed by atoms with Gasteiger partial charge in [-0.1, -0.05) is 25.1 Å². The van der Waals surface area contributed by atoms with Gasteiger partial charge in [0.25, 0.3) is 0 Å². The highest BCUT2D eigenvalue weighted by atomic mass is 32.1. The molecule has 4 rings (SSSR count). The van der Waals surface area contributed by atoms with Crippen LogP contribution in [0.3, 0.4) is 0 Å². The van der Waals surface area contributed by atoms with E-state index in [1.54, 1.807) is 25.1 Å². The van der Waals surface area contributed by atoms with E-state index in [0.29, 0.717) is 22.1 Å². The maximum Gasteiger partial charge on any atom is 0.216 e. The number of nitrogens with one attached hydrogen (secondary N) is 2. The number of nitrogens with zero attached hydrogens (tertiary/aromatic N) is 3. The van der Waals surface area contributed by atoms with Gasteiger partial charge in [0.15, 0.2) is 17.3 Å². The van der Waals surface area contributed by atoms with E-state index in [4.69, 9.17) is 21.7 Å². The first-order valence-electron chi connectivity index (χ1n) is 9.19. The molecule has 0 amide bonds. The van der Waals surface area contributed by atoms with Crippen molar-refractivity contribution in [2.75, 3.05) is 14.2 Å². The number of fused-ring (bicyclic) bond motifs is 1. The molecule has 0 unspecified atom stereocenters. The number of benzene rings is 2. The van der Waals surface area contributed by atoms with Crippen LogP contribution in [0, 0.1) is 4.77 Å². The molecule has 2 heterocycles. The number of para-hydroxylation sites is 1. The fourth-order valence-electron chi connectivity index (χ4n) is 3.32. The van der Waals surface area contributed by atoms with Gasteiger partial charge in [-0.15, -0.1) is 0 Å². The summed E-state index contributed by atoms with van der Waals surface area (Å²) < 4.78 is 12.7. The van der Waals surface area contributed by atoms with Gasteiger partial charge in [0.05, 0.1) is 20.4 Å². The summed E-state index contributed by atoms with van der Waals surface area (Å²) in [5.41, 5.74) is 4.19. The summed E-state index contributed by atoms with van der Waals surface area (Å²) in [7, 11) is 3.20. The van der Waals surface area contributed by atoms with Gasteiger partial charge in [-0.3, -0.25) is 0 Å². The summed E-state index contributed by atoms with van der Waals surface area (Å²) >= 11 is 5.38. The average molecular weight is 407 g/mol. The Morgan fingerprint density at radius 3 is 2.76 bits per heavy atom. The summed E-state index contributed by atoms with van der Waals surface area (Å²) in [6.45, 7) is 2.14. The van der Waals surface area contributed by atoms with E-state index in [1.165, 1.54) is 5.56 Å². The third kappa shape index (κ3) is 3.42. The predicted molar refractivity (Wildman–Crippen MR) is 117 cm³/mol. The van der Waals surface area contributed by atoms with Gasteiger partial charge in [0, 0.05) is 28.2 Å². The fraction of sp³-hybridized carbons (Fsp3) is 0.190. The maximum absolute atomic E-state index is 5.39. The number of aryl methyl sites for hydroxylation is 1. The Hall–Kier alpha value is -3.39. The number of rotatable bonds is 6. The highest BCUT2D eigenvalue weighted by Crippen LogP contribution is 2.31. The molecule has 0 atom stereocenters. The molecule has 0 radical (unpaired) electrons. The van der Waals surface area contributed by atoms with Gasteiger partial charge in [-0.2, -0.15) is 14.9 Å². The summed E-state index contributed by atoms with van der Waals surface area (Å²) in [6, 6.07) is 11.8. The number of methoxy groups -OCH3 is 2. The number of aromatic amines is 2. The molecule has 0 aliphatic carbocycles. The standard InChI is InChI=1S/C21H21N5O2S/c1-4-13-6-5-7-16-15(11-22-19(13)16)12-23-26-20(24-25-21(26)29)14-8-9-17(27-2)18(10-14)28-3/h5-12,22H,4H2,1-3H3,(H,25,29)/b23-12+. The molecular formula is C21H21N5O2S. The lowest BCUT2D eigenvalue weighted by atomic mass is 10.1. The molecule has 4 aromatic rings. The molecule has 0 saturated heterocycles. The number of hydrogen-bond acceptors (Lipinski definition) is 5. The molecule has 148 valence electrons. The Bertz CT molecular complexity index is 1250. The van der Waals surface area contributed by atoms with E-state index in [9.17, 15) is 0 Å². The molecule has 0 aliphatic heterocycles. The van der Waals surface area contributed by atoms with Crippen LogP contribution in [0.15, 0.2) is 47.7 Å². The lowest BCUT2D eigenvalue weighted by Crippen LogP contribution is -1.96. The Morgan fingerprint density at radius 1 is 1.17 bits per heavy atom. The van der Waals surface area contributed by atoms with Crippen molar-refractivity contribution < 1.29 is 9.47 Å². The zero-order valence-electron chi connectivity index (χ0n) is 16.4. The van der Waals surface area contributed by atoms with Crippen LogP contribution in [0.5, 0.6) is 11.5 Å². The van der Waals surface area contributed by atoms with Crippen molar-refractivity contribution in [3.8, 4) is 22.9 Å². The van der Waals surface area contributed by atoms with Crippen molar-refractivity contribution in [3.05, 3.63) is 58.5 Å². The van der Waals surface area contributed by atoms with E-state index in [0.717, 1.165) is 28.5 Å². The molecule has 0 saturated carbocycles. The van der Waals surface area contributed by atoms with Gasteiger partial charge in [-0.25, -0.2) is 5.10 Å². The van der Waals surface area contributed by atoms with Crippen LogP contribution >= 0.6 is 12.2 Å². The van der Waals surface area contributed by atoms with E-state index in [1.807, 2.05) is 24.4 Å². The number of H-pyrrole nitrogens is 2. The monoisotopic (exact) mass is 407 g/mol. The second kappa shape index (κ2) is 7.92. The van der Waals surface area contributed by atoms with E-state index >= 15 is 0 Å². The molecule has 2 aromatic heterocycles. The zero-order valence-corrected chi connectivity index (χ0v) is 17.2. The summed E-state index contributed by atoms with van der Waals surface area (Å²) in [4.78, 5) is 3.35. The summed E-state index contributed by atoms with van der Waals surface area (Å²) in [6.07, 6.45) is 4.70. The van der Waals surface area contributed by atoms with E-state index in [-0.39, 0.29) is 0 Å². The van der Waals surface area contributed by atoms with Crippen molar-refractivity contribution in [1.29, 1.82) is 0 Å². The minimum atomic E-state index is 0.403. The molecule has 29 heavy (non-hydrogen) atoms. The summed E-state index contributed by atoms with van der Waals surface area (Å²) in [5.74, 6) is 1.84. The summed E-state index contributed by atoms with van der Waals surface area (Å²) in [5, 5.41) is 12.9. The van der Waals surface area contributed by atoms with Crippen LogP contribution in [-0.2, 0) is 6.42 Å². The van der Waals surface area contributed by atoms with Crippen LogP contribution < -0.4 is 9.47 Å². The molecule has 0 spiro atoms. The van der Waals surface area contributed by atoms with Crippen molar-refractivity contribution >= 4 is 29.3 Å². The van der Waals surface area contributed by atoms with Crippen molar-refractivity contribution in [2.24, 2.45) is 5.10 Å². The van der Waals surface area contributed by atoms with Crippen molar-refractivity contribution in [1.82, 2.24) is 19.9 Å². The Kier molecular flexibility index (Phi) is 5.18. The van der Waals surface area contributed by atoms with Gasteiger partial charge in [0.1, 0.15) is 0 Å². The average Bonchev–Trinajstić information content (AvgIpc) is 3.34. The minimum absolute atomic E-state index is 0.403. The first-order chi connectivity index (χ1) is 14.2. The zero-order chi connectivity index (χ0) is 20.4.